The smallest absolute Gasteiger partial charge is 0.0223 e. The molecule has 0 spiro atoms. The first-order valence-corrected chi connectivity index (χ1v) is 3.40. The fourth-order valence-corrected chi connectivity index (χ4v) is 0.480. The molecule has 0 N–H and O–H groups in total. The summed E-state index contributed by atoms with van der Waals surface area (Å²) in [5, 5.41) is 0. The molecule has 0 saturated heterocycles. The fourth-order valence-electron chi connectivity index (χ4n) is 0.480. The summed E-state index contributed by atoms with van der Waals surface area (Å²) in [5.74, 6) is 0.744. The molecule has 52 valence electrons. The van der Waals surface area contributed by atoms with E-state index in [1.54, 1.807) is 6.21 Å². The third-order valence-electron chi connectivity index (χ3n) is 0.948. The summed E-state index contributed by atoms with van der Waals surface area (Å²) in [6, 6.07) is 0. The van der Waals surface area contributed by atoms with Crippen LogP contribution in [0.5, 0.6) is 0 Å². The third kappa shape index (κ3) is 7.41. The quantitative estimate of drug-likeness (QED) is 0.514. The van der Waals surface area contributed by atoms with Gasteiger partial charge in [-0.1, -0.05) is 19.9 Å². The molecule has 0 atom stereocenters. The molecule has 0 aliphatic rings. The van der Waals surface area contributed by atoms with Crippen molar-refractivity contribution in [2.24, 2.45) is 10.9 Å². The Morgan fingerprint density at radius 2 is 2.11 bits per heavy atom. The van der Waals surface area contributed by atoms with Crippen LogP contribution in [0.1, 0.15) is 27.2 Å². The van der Waals surface area contributed by atoms with E-state index in [1.807, 2.05) is 13.1 Å². The number of rotatable bonds is 3. The van der Waals surface area contributed by atoms with Gasteiger partial charge >= 0.3 is 0 Å². The first-order valence-electron chi connectivity index (χ1n) is 3.40. The molecule has 0 unspecified atom stereocenters. The second-order valence-corrected chi connectivity index (χ2v) is 2.42. The molecule has 1 heteroatoms. The molecule has 0 aliphatic carbocycles. The molecule has 0 aromatic rings. The van der Waals surface area contributed by atoms with Crippen molar-refractivity contribution in [3.63, 3.8) is 0 Å². The highest BCUT2D eigenvalue weighted by atomic mass is 14.6. The van der Waals surface area contributed by atoms with Crippen molar-refractivity contribution in [2.75, 3.05) is 0 Å². The molecule has 0 bridgehead atoms. The average Bonchev–Trinajstić information content (AvgIpc) is 1.80. The summed E-state index contributed by atoms with van der Waals surface area (Å²) in [6.45, 7) is 6.31. The minimum atomic E-state index is 0.744. The number of allylic oxidation sites excluding steroid dienone is 1. The summed E-state index contributed by atoms with van der Waals surface area (Å²) < 4.78 is 0. The molecule has 0 aliphatic heterocycles. The molecule has 0 aromatic heterocycles. The Bertz CT molecular complexity index is 101. The Morgan fingerprint density at radius 1 is 1.44 bits per heavy atom. The van der Waals surface area contributed by atoms with E-state index in [9.17, 15) is 0 Å². The van der Waals surface area contributed by atoms with Crippen LogP contribution in [-0.2, 0) is 0 Å². The van der Waals surface area contributed by atoms with E-state index in [4.69, 9.17) is 0 Å². The Hall–Kier alpha value is -0.590. The zero-order chi connectivity index (χ0) is 7.11. The maximum Gasteiger partial charge on any atom is 0.0223 e. The Balaban J connectivity index is 3.25. The van der Waals surface area contributed by atoms with Crippen LogP contribution >= 0.6 is 0 Å². The topological polar surface area (TPSA) is 12.4 Å². The normalized spacial score (nSPS) is 12.4. The first-order chi connectivity index (χ1) is 4.27. The minimum absolute atomic E-state index is 0.744. The third-order valence-corrected chi connectivity index (χ3v) is 0.948. The summed E-state index contributed by atoms with van der Waals surface area (Å²) in [5.41, 5.74) is 0. The van der Waals surface area contributed by atoms with Crippen LogP contribution in [0.25, 0.3) is 0 Å². The zero-order valence-corrected chi connectivity index (χ0v) is 6.46. The number of hydrogen-bond donors (Lipinski definition) is 0. The van der Waals surface area contributed by atoms with Gasteiger partial charge in [-0.15, -0.1) is 0 Å². The van der Waals surface area contributed by atoms with E-state index in [2.05, 4.69) is 24.9 Å². The second kappa shape index (κ2) is 5.54. The lowest BCUT2D eigenvalue weighted by molar-refractivity contribution is 0.663. The maximum atomic E-state index is 3.94. The predicted molar refractivity (Wildman–Crippen MR) is 42.8 cm³/mol. The van der Waals surface area contributed by atoms with Gasteiger partial charge in [0.1, 0.15) is 0 Å². The van der Waals surface area contributed by atoms with E-state index in [1.165, 1.54) is 0 Å². The van der Waals surface area contributed by atoms with Gasteiger partial charge in [-0.05, 0) is 19.3 Å². The van der Waals surface area contributed by atoms with Crippen molar-refractivity contribution in [3.8, 4) is 0 Å². The van der Waals surface area contributed by atoms with Crippen LogP contribution in [0.3, 0.4) is 0 Å². The van der Waals surface area contributed by atoms with Gasteiger partial charge in [0, 0.05) is 12.4 Å². The maximum absolute atomic E-state index is 3.94. The highest BCUT2D eigenvalue weighted by Gasteiger charge is 1.84. The van der Waals surface area contributed by atoms with Crippen LogP contribution in [-0.4, -0.2) is 6.21 Å². The van der Waals surface area contributed by atoms with Crippen LogP contribution < -0.4 is 0 Å². The van der Waals surface area contributed by atoms with E-state index >= 15 is 0 Å². The molecule has 0 fully saturated rings. The predicted octanol–water partition coefficient (Wildman–Crippen LogP) is 2.64. The molecule has 0 amide bonds. The number of aliphatic imine (C=N–C) groups is 1. The molecule has 1 nitrogen and oxygen atoms in total. The highest BCUT2D eigenvalue weighted by Crippen LogP contribution is 1.98. The van der Waals surface area contributed by atoms with Gasteiger partial charge in [0.25, 0.3) is 0 Å². The van der Waals surface area contributed by atoms with Gasteiger partial charge in [0.2, 0.25) is 0 Å². The Kier molecular flexibility index (Phi) is 5.18. The lowest BCUT2D eigenvalue weighted by Crippen LogP contribution is -1.80. The minimum Gasteiger partial charge on any atom is -0.270 e. The lowest BCUT2D eigenvalue weighted by Gasteiger charge is -1.93. The molecule has 0 radical (unpaired) electrons. The van der Waals surface area contributed by atoms with Crippen LogP contribution in [0.15, 0.2) is 17.3 Å². The molecule has 0 heterocycles. The number of nitrogens with zero attached hydrogens (tertiary/aromatic N) is 1. The zero-order valence-electron chi connectivity index (χ0n) is 6.46. The molecular formula is C8H15N. The molecular weight excluding hydrogens is 110 g/mol. The first kappa shape index (κ1) is 8.41. The van der Waals surface area contributed by atoms with Crippen LogP contribution in [0, 0.1) is 5.92 Å². The van der Waals surface area contributed by atoms with Gasteiger partial charge in [-0.3, -0.25) is 4.99 Å². The van der Waals surface area contributed by atoms with E-state index in [-0.39, 0.29) is 0 Å². The largest absolute Gasteiger partial charge is 0.270 e. The van der Waals surface area contributed by atoms with Crippen molar-refractivity contribution in [1.82, 2.24) is 0 Å². The van der Waals surface area contributed by atoms with Crippen LogP contribution in [0.4, 0.5) is 0 Å². The summed E-state index contributed by atoms with van der Waals surface area (Å²) in [4.78, 5) is 3.94. The van der Waals surface area contributed by atoms with Gasteiger partial charge in [-0.25, -0.2) is 0 Å². The average molecular weight is 125 g/mol. The molecule has 0 aromatic carbocycles. The van der Waals surface area contributed by atoms with E-state index < -0.39 is 0 Å². The second-order valence-electron chi connectivity index (χ2n) is 2.42. The van der Waals surface area contributed by atoms with Gasteiger partial charge in [0.15, 0.2) is 0 Å². The Labute approximate surface area is 57.5 Å². The molecule has 9 heavy (non-hydrogen) atoms. The monoisotopic (exact) mass is 125 g/mol. The van der Waals surface area contributed by atoms with Crippen molar-refractivity contribution in [2.45, 2.75) is 27.2 Å². The van der Waals surface area contributed by atoms with Crippen molar-refractivity contribution < 1.29 is 0 Å². The van der Waals surface area contributed by atoms with Gasteiger partial charge in [-0.2, -0.15) is 0 Å². The standard InChI is InChI=1S/C8H15N/c1-4-9-7-5-6-8(2)3/h4-5,7-8H,6H2,1-3H3/b7-5-,9-4?. The SMILES string of the molecule is CC=N/C=C\CC(C)C. The van der Waals surface area contributed by atoms with Crippen molar-refractivity contribution >= 4 is 6.21 Å². The van der Waals surface area contributed by atoms with Crippen molar-refractivity contribution in [3.05, 3.63) is 12.3 Å². The number of hydrogen-bond acceptors (Lipinski definition) is 1. The summed E-state index contributed by atoms with van der Waals surface area (Å²) in [7, 11) is 0. The summed E-state index contributed by atoms with van der Waals surface area (Å²) in [6.07, 6.45) is 6.85. The molecule has 0 saturated carbocycles. The summed E-state index contributed by atoms with van der Waals surface area (Å²) >= 11 is 0. The highest BCUT2D eigenvalue weighted by molar-refractivity contribution is 5.54. The fraction of sp³-hybridized carbons (Fsp3) is 0.625. The van der Waals surface area contributed by atoms with Gasteiger partial charge in [0.05, 0.1) is 0 Å². The lowest BCUT2D eigenvalue weighted by atomic mass is 10.1. The van der Waals surface area contributed by atoms with Crippen LogP contribution in [0.2, 0.25) is 0 Å². The van der Waals surface area contributed by atoms with E-state index in [0.717, 1.165) is 12.3 Å². The Morgan fingerprint density at radius 3 is 2.56 bits per heavy atom. The van der Waals surface area contributed by atoms with Crippen molar-refractivity contribution in [1.29, 1.82) is 0 Å². The van der Waals surface area contributed by atoms with E-state index in [0.29, 0.717) is 0 Å². The van der Waals surface area contributed by atoms with Gasteiger partial charge < -0.3 is 0 Å². The molecule has 0 rings (SSSR count).